The van der Waals surface area contributed by atoms with Crippen LogP contribution in [0.1, 0.15) is 36.6 Å². The van der Waals surface area contributed by atoms with E-state index in [1.54, 1.807) is 10.7 Å². The van der Waals surface area contributed by atoms with Gasteiger partial charge in [-0.25, -0.2) is 19.1 Å². The van der Waals surface area contributed by atoms with Crippen molar-refractivity contribution >= 4 is 23.2 Å². The Morgan fingerprint density at radius 2 is 2.05 bits per heavy atom. The average molecular weight is 553 g/mol. The van der Waals surface area contributed by atoms with Crippen LogP contribution in [-0.4, -0.2) is 65.6 Å². The lowest BCUT2D eigenvalue weighted by Crippen LogP contribution is -2.45. The lowest BCUT2D eigenvalue weighted by Gasteiger charge is -2.31. The van der Waals surface area contributed by atoms with Gasteiger partial charge in [-0.1, -0.05) is 11.6 Å². The van der Waals surface area contributed by atoms with Crippen molar-refractivity contribution in [2.45, 2.75) is 45.9 Å². The molecule has 1 aliphatic heterocycles. The average Bonchev–Trinajstić information content (AvgIpc) is 3.31. The highest BCUT2D eigenvalue weighted by Gasteiger charge is 2.26. The third-order valence-electron chi connectivity index (χ3n) is 6.99. The van der Waals surface area contributed by atoms with Crippen molar-refractivity contribution in [3.05, 3.63) is 85.5 Å². The Kier molecular flexibility index (Phi) is 7.28. The van der Waals surface area contributed by atoms with Gasteiger partial charge >= 0.3 is 11.8 Å². The third-order valence-corrected chi connectivity index (χ3v) is 7.21. The van der Waals surface area contributed by atoms with Crippen LogP contribution in [0.5, 0.6) is 0 Å². The second-order valence-electron chi connectivity index (χ2n) is 9.98. The van der Waals surface area contributed by atoms with Gasteiger partial charge in [0.25, 0.3) is 5.56 Å². The minimum absolute atomic E-state index is 0.0798. The Morgan fingerprint density at radius 1 is 1.26 bits per heavy atom. The molecule has 0 saturated carbocycles. The van der Waals surface area contributed by atoms with Gasteiger partial charge in [-0.05, 0) is 55.7 Å². The van der Waals surface area contributed by atoms with E-state index in [-0.39, 0.29) is 36.5 Å². The molecular weight excluding hydrogens is 524 g/mol. The second-order valence-corrected chi connectivity index (χ2v) is 10.4. The van der Waals surface area contributed by atoms with Gasteiger partial charge in [0.2, 0.25) is 0 Å². The van der Waals surface area contributed by atoms with Gasteiger partial charge < -0.3 is 14.7 Å². The molecule has 0 bridgehead atoms. The maximum absolute atomic E-state index is 12.9. The van der Waals surface area contributed by atoms with E-state index in [0.29, 0.717) is 41.4 Å². The molecule has 0 radical (unpaired) electrons. The highest BCUT2D eigenvalue weighted by atomic mass is 35.5. The van der Waals surface area contributed by atoms with Gasteiger partial charge in [-0.15, -0.1) is 0 Å². The molecule has 1 saturated heterocycles. The lowest BCUT2D eigenvalue weighted by molar-refractivity contribution is -0.0210. The molecule has 5 rings (SSSR count). The molecule has 1 aromatic carbocycles. The number of ether oxygens (including phenoxy) is 1. The van der Waals surface area contributed by atoms with Crippen molar-refractivity contribution in [2.75, 3.05) is 19.7 Å². The summed E-state index contributed by atoms with van der Waals surface area (Å²) >= 11 is 6.48. The maximum atomic E-state index is 12.9. The molecule has 4 aromatic rings. The number of nitrogens with zero attached hydrogens (tertiary/aromatic N) is 6. The topological polar surface area (TPSA) is 124 Å². The van der Waals surface area contributed by atoms with Crippen LogP contribution in [0.3, 0.4) is 0 Å². The summed E-state index contributed by atoms with van der Waals surface area (Å²) in [5.41, 5.74) is 3.92. The molecule has 1 atom stereocenters. The van der Waals surface area contributed by atoms with Crippen LogP contribution in [0.25, 0.3) is 16.8 Å². The predicted octanol–water partition coefficient (Wildman–Crippen LogP) is 3.23. The summed E-state index contributed by atoms with van der Waals surface area (Å²) in [7, 11) is 0. The van der Waals surface area contributed by atoms with Crippen molar-refractivity contribution in [1.29, 1.82) is 0 Å². The number of hydrogen-bond donors (Lipinski definition) is 1. The van der Waals surface area contributed by atoms with E-state index in [1.807, 2.05) is 39.0 Å². The number of aryl methyl sites for hydroxylation is 1. The quantitative estimate of drug-likeness (QED) is 0.389. The minimum Gasteiger partial charge on any atom is -0.465 e. The van der Waals surface area contributed by atoms with Crippen LogP contribution in [0.4, 0.5) is 4.79 Å². The first kappa shape index (κ1) is 26.6. The number of carbonyl (C=O) groups is 1. The highest BCUT2D eigenvalue weighted by molar-refractivity contribution is 6.31. The van der Waals surface area contributed by atoms with E-state index in [1.165, 1.54) is 32.6 Å². The zero-order chi connectivity index (χ0) is 27.8. The van der Waals surface area contributed by atoms with Crippen LogP contribution < -0.4 is 11.2 Å². The van der Waals surface area contributed by atoms with Gasteiger partial charge in [0.1, 0.15) is 6.33 Å². The zero-order valence-corrected chi connectivity index (χ0v) is 22.6. The molecule has 1 fully saturated rings. The van der Waals surface area contributed by atoms with Crippen LogP contribution in [-0.2, 0) is 17.7 Å². The standard InChI is InChI=1S/C27H29ClN6O5/c1-16(2)32-5-4-24(35)33(26(32)36)12-18-9-23-25(29-15-30-34(23)13-18)22-10-19(28)8-17(3)21(22)11-20-14-31(27(37)38)6-7-39-20/h4-5,8-10,13,15-16,20H,6-7,11-12,14H2,1-3H3,(H,37,38)/t20-/m1/s1. The van der Waals surface area contributed by atoms with E-state index in [4.69, 9.17) is 16.3 Å². The monoisotopic (exact) mass is 552 g/mol. The molecule has 0 aliphatic carbocycles. The van der Waals surface area contributed by atoms with Crippen molar-refractivity contribution in [3.63, 3.8) is 0 Å². The highest BCUT2D eigenvalue weighted by Crippen LogP contribution is 2.33. The van der Waals surface area contributed by atoms with E-state index < -0.39 is 6.09 Å². The Balaban J connectivity index is 1.55. The Hall–Kier alpha value is -3.96. The molecule has 204 valence electrons. The number of morpholine rings is 1. The molecule has 1 amide bonds. The van der Waals surface area contributed by atoms with Gasteiger partial charge in [-0.3, -0.25) is 13.9 Å². The molecule has 39 heavy (non-hydrogen) atoms. The summed E-state index contributed by atoms with van der Waals surface area (Å²) in [5.74, 6) is 0. The summed E-state index contributed by atoms with van der Waals surface area (Å²) in [6, 6.07) is 6.86. The summed E-state index contributed by atoms with van der Waals surface area (Å²) in [4.78, 5) is 42.9. The van der Waals surface area contributed by atoms with Crippen LogP contribution in [0.15, 0.2) is 52.6 Å². The summed E-state index contributed by atoms with van der Waals surface area (Å²) < 4.78 is 10.3. The second kappa shape index (κ2) is 10.7. The number of aromatic nitrogens is 5. The maximum Gasteiger partial charge on any atom is 0.407 e. The summed E-state index contributed by atoms with van der Waals surface area (Å²) in [6.45, 7) is 6.73. The fourth-order valence-corrected chi connectivity index (χ4v) is 5.30. The Bertz CT molecular complexity index is 1670. The van der Waals surface area contributed by atoms with E-state index in [9.17, 15) is 19.5 Å². The molecule has 0 unspecified atom stereocenters. The SMILES string of the molecule is Cc1cc(Cl)cc(-c2ncnn3cc(Cn4c(=O)ccn(C(C)C)c4=O)cc23)c1C[C@@H]1CN(C(=O)O)CCO1. The minimum atomic E-state index is -0.966. The van der Waals surface area contributed by atoms with Gasteiger partial charge in [0.05, 0.1) is 37.0 Å². The predicted molar refractivity (Wildman–Crippen MR) is 146 cm³/mol. The van der Waals surface area contributed by atoms with Gasteiger partial charge in [0, 0.05) is 48.1 Å². The molecule has 11 nitrogen and oxygen atoms in total. The van der Waals surface area contributed by atoms with Crippen molar-refractivity contribution in [3.8, 4) is 11.3 Å². The molecule has 12 heteroatoms. The first-order valence-electron chi connectivity index (χ1n) is 12.7. The fraction of sp³-hybridized carbons (Fsp3) is 0.370. The van der Waals surface area contributed by atoms with Crippen LogP contribution in [0, 0.1) is 6.92 Å². The van der Waals surface area contributed by atoms with E-state index in [2.05, 4.69) is 10.1 Å². The third kappa shape index (κ3) is 5.32. The lowest BCUT2D eigenvalue weighted by atomic mass is 9.93. The molecule has 1 aliphatic rings. The number of rotatable bonds is 6. The van der Waals surface area contributed by atoms with Crippen LogP contribution >= 0.6 is 11.6 Å². The van der Waals surface area contributed by atoms with Crippen molar-refractivity contribution < 1.29 is 14.6 Å². The van der Waals surface area contributed by atoms with Crippen LogP contribution in [0.2, 0.25) is 5.02 Å². The summed E-state index contributed by atoms with van der Waals surface area (Å²) in [6.07, 6.45) is 3.91. The fourth-order valence-electron chi connectivity index (χ4n) is 5.03. The molecule has 3 aromatic heterocycles. The number of halogens is 1. The van der Waals surface area contributed by atoms with Crippen molar-refractivity contribution in [1.82, 2.24) is 28.6 Å². The van der Waals surface area contributed by atoms with E-state index >= 15 is 0 Å². The van der Waals surface area contributed by atoms with Crippen molar-refractivity contribution in [2.24, 2.45) is 0 Å². The van der Waals surface area contributed by atoms with Gasteiger partial charge in [0.15, 0.2) is 0 Å². The first-order chi connectivity index (χ1) is 18.6. The first-order valence-corrected chi connectivity index (χ1v) is 13.0. The zero-order valence-electron chi connectivity index (χ0n) is 21.9. The number of amides is 1. The Morgan fingerprint density at radius 3 is 2.79 bits per heavy atom. The largest absolute Gasteiger partial charge is 0.465 e. The smallest absolute Gasteiger partial charge is 0.407 e. The molecule has 4 heterocycles. The van der Waals surface area contributed by atoms with Gasteiger partial charge in [-0.2, -0.15) is 5.10 Å². The number of carboxylic acid groups (broad SMARTS) is 1. The van der Waals surface area contributed by atoms with E-state index in [0.717, 1.165) is 16.7 Å². The number of benzene rings is 1. The molecular formula is C27H29ClN6O5. The number of hydrogen-bond acceptors (Lipinski definition) is 6. The molecule has 0 spiro atoms. The summed E-state index contributed by atoms with van der Waals surface area (Å²) in [5, 5.41) is 14.3. The number of fused-ring (bicyclic) bond motifs is 1. The normalized spacial score (nSPS) is 15.8. The molecule has 1 N–H and O–H groups in total. The Labute approximate surface area is 228 Å².